The number of hydrogen-bond acceptors (Lipinski definition) is 4. The highest BCUT2D eigenvalue weighted by Crippen LogP contribution is 2.27. The highest BCUT2D eigenvalue weighted by atomic mass is 32.1. The first-order valence-electron chi connectivity index (χ1n) is 7.27. The first-order chi connectivity index (χ1) is 10.0. The molecule has 2 N–H and O–H groups in total. The molecule has 1 aliphatic carbocycles. The van der Waals surface area contributed by atoms with E-state index >= 15 is 0 Å². The molecule has 1 heterocycles. The number of aryl methyl sites for hydroxylation is 1. The maximum Gasteiger partial charge on any atom is 0.347 e. The van der Waals surface area contributed by atoms with Crippen molar-refractivity contribution < 1.29 is 14.7 Å². The molecule has 0 aromatic carbocycles. The Labute approximate surface area is 128 Å². The number of unbranched alkanes of at least 4 members (excludes halogenated alkanes) is 1. The van der Waals surface area contributed by atoms with Gasteiger partial charge in [0.1, 0.15) is 9.88 Å². The first kappa shape index (κ1) is 15.8. The molecular formula is C14H21N3O3S. The van der Waals surface area contributed by atoms with Gasteiger partial charge in [0.15, 0.2) is 0 Å². The fourth-order valence-corrected chi connectivity index (χ4v) is 2.99. The highest BCUT2D eigenvalue weighted by molar-refractivity contribution is 7.13. The quantitative estimate of drug-likeness (QED) is 0.811. The Morgan fingerprint density at radius 1 is 1.48 bits per heavy atom. The van der Waals surface area contributed by atoms with E-state index in [0.29, 0.717) is 16.7 Å². The fraction of sp³-hybridized carbons (Fsp3) is 0.643. The molecule has 1 aliphatic rings. The summed E-state index contributed by atoms with van der Waals surface area (Å²) in [6.07, 6.45) is 4.22. The number of nitrogens with zero attached hydrogens (tertiary/aromatic N) is 2. The number of carboxylic acid groups (broad SMARTS) is 1. The number of carbonyl (C=O) groups is 2. The fourth-order valence-electron chi connectivity index (χ4n) is 2.14. The van der Waals surface area contributed by atoms with E-state index in [9.17, 15) is 9.59 Å². The van der Waals surface area contributed by atoms with Crippen LogP contribution in [0.4, 0.5) is 4.79 Å². The lowest BCUT2D eigenvalue weighted by Gasteiger charge is -2.22. The molecule has 116 valence electrons. The second-order valence-electron chi connectivity index (χ2n) is 5.26. The van der Waals surface area contributed by atoms with Crippen molar-refractivity contribution in [2.75, 3.05) is 6.54 Å². The molecule has 0 atom stereocenters. The van der Waals surface area contributed by atoms with E-state index < -0.39 is 5.97 Å². The third kappa shape index (κ3) is 4.17. The van der Waals surface area contributed by atoms with Crippen molar-refractivity contribution in [2.24, 2.45) is 0 Å². The van der Waals surface area contributed by atoms with Crippen molar-refractivity contribution in [3.8, 4) is 0 Å². The number of aromatic carboxylic acids is 1. The van der Waals surface area contributed by atoms with E-state index in [2.05, 4.69) is 17.2 Å². The van der Waals surface area contributed by atoms with Gasteiger partial charge < -0.3 is 15.3 Å². The number of urea groups is 1. The van der Waals surface area contributed by atoms with Gasteiger partial charge in [0.25, 0.3) is 0 Å². The van der Waals surface area contributed by atoms with Gasteiger partial charge in [-0.2, -0.15) is 0 Å². The van der Waals surface area contributed by atoms with Crippen LogP contribution in [0.2, 0.25) is 0 Å². The molecule has 0 saturated heterocycles. The summed E-state index contributed by atoms with van der Waals surface area (Å²) < 4.78 is 0. The number of amides is 2. The molecule has 0 aliphatic heterocycles. The lowest BCUT2D eigenvalue weighted by atomic mass is 10.3. The van der Waals surface area contributed by atoms with Crippen LogP contribution in [0.1, 0.15) is 53.0 Å². The Hall–Kier alpha value is -1.63. The zero-order chi connectivity index (χ0) is 15.4. The van der Waals surface area contributed by atoms with Crippen LogP contribution >= 0.6 is 11.3 Å². The summed E-state index contributed by atoms with van der Waals surface area (Å²) in [5.41, 5.74) is 0.502. The maximum atomic E-state index is 12.2. The lowest BCUT2D eigenvalue weighted by molar-refractivity contribution is 0.0701. The minimum absolute atomic E-state index is 0.0734. The van der Waals surface area contributed by atoms with Crippen LogP contribution in [0.25, 0.3) is 0 Å². The van der Waals surface area contributed by atoms with Crippen LogP contribution < -0.4 is 5.32 Å². The van der Waals surface area contributed by atoms with Gasteiger partial charge in [-0.05, 0) is 26.2 Å². The Balaban J connectivity index is 1.90. The van der Waals surface area contributed by atoms with Crippen LogP contribution in [0.5, 0.6) is 0 Å². The van der Waals surface area contributed by atoms with Gasteiger partial charge in [-0.1, -0.05) is 13.3 Å². The Bertz CT molecular complexity index is 526. The number of thiazole rings is 1. The smallest absolute Gasteiger partial charge is 0.347 e. The van der Waals surface area contributed by atoms with Gasteiger partial charge in [0.05, 0.1) is 12.2 Å². The van der Waals surface area contributed by atoms with Crippen molar-refractivity contribution in [3.05, 3.63) is 15.6 Å². The molecule has 0 unspecified atom stereocenters. The van der Waals surface area contributed by atoms with Gasteiger partial charge in [-0.25, -0.2) is 14.6 Å². The third-order valence-electron chi connectivity index (χ3n) is 3.43. The Kier molecular flexibility index (Phi) is 5.17. The lowest BCUT2D eigenvalue weighted by Crippen LogP contribution is -2.41. The summed E-state index contributed by atoms with van der Waals surface area (Å²) in [4.78, 5) is 29.5. The average molecular weight is 311 g/mol. The van der Waals surface area contributed by atoms with E-state index in [-0.39, 0.29) is 17.5 Å². The van der Waals surface area contributed by atoms with Crippen LogP contribution in [0, 0.1) is 6.92 Å². The SMILES string of the molecule is CCCCN(C(=O)NCc1nc(C)c(C(=O)O)s1)C1CC1. The third-order valence-corrected chi connectivity index (χ3v) is 4.57. The molecule has 1 saturated carbocycles. The molecule has 1 fully saturated rings. The molecule has 1 aromatic rings. The molecule has 7 heteroatoms. The number of hydrogen-bond donors (Lipinski definition) is 2. The average Bonchev–Trinajstić information content (AvgIpc) is 3.19. The predicted molar refractivity (Wildman–Crippen MR) is 80.7 cm³/mol. The minimum atomic E-state index is -0.967. The molecule has 0 bridgehead atoms. The molecule has 2 rings (SSSR count). The Morgan fingerprint density at radius 3 is 2.71 bits per heavy atom. The zero-order valence-corrected chi connectivity index (χ0v) is 13.2. The van der Waals surface area contributed by atoms with Crippen LogP contribution in [0.3, 0.4) is 0 Å². The molecule has 1 aromatic heterocycles. The van der Waals surface area contributed by atoms with E-state index in [1.807, 2.05) is 4.90 Å². The normalized spacial score (nSPS) is 14.0. The minimum Gasteiger partial charge on any atom is -0.477 e. The molecule has 0 spiro atoms. The summed E-state index contributed by atoms with van der Waals surface area (Å²) in [5.74, 6) is -0.967. The molecule has 6 nitrogen and oxygen atoms in total. The van der Waals surface area contributed by atoms with Crippen LogP contribution in [-0.4, -0.2) is 39.6 Å². The number of rotatable bonds is 7. The van der Waals surface area contributed by atoms with Crippen molar-refractivity contribution in [1.82, 2.24) is 15.2 Å². The van der Waals surface area contributed by atoms with E-state index in [1.54, 1.807) is 6.92 Å². The van der Waals surface area contributed by atoms with Crippen molar-refractivity contribution in [1.29, 1.82) is 0 Å². The van der Waals surface area contributed by atoms with Crippen LogP contribution in [-0.2, 0) is 6.54 Å². The van der Waals surface area contributed by atoms with Crippen molar-refractivity contribution in [3.63, 3.8) is 0 Å². The van der Waals surface area contributed by atoms with Gasteiger partial charge in [-0.3, -0.25) is 0 Å². The van der Waals surface area contributed by atoms with Gasteiger partial charge in [0.2, 0.25) is 0 Å². The van der Waals surface area contributed by atoms with Gasteiger partial charge in [-0.15, -0.1) is 11.3 Å². The summed E-state index contributed by atoms with van der Waals surface area (Å²) in [5, 5.41) is 12.5. The van der Waals surface area contributed by atoms with E-state index in [4.69, 9.17) is 5.11 Å². The number of aromatic nitrogens is 1. The van der Waals surface area contributed by atoms with Crippen LogP contribution in [0.15, 0.2) is 0 Å². The number of nitrogens with one attached hydrogen (secondary N) is 1. The van der Waals surface area contributed by atoms with Crippen molar-refractivity contribution in [2.45, 2.75) is 52.1 Å². The van der Waals surface area contributed by atoms with Gasteiger partial charge >= 0.3 is 12.0 Å². The summed E-state index contributed by atoms with van der Waals surface area (Å²) in [6.45, 7) is 4.84. The number of carbonyl (C=O) groups excluding carboxylic acids is 1. The maximum absolute atomic E-state index is 12.2. The molecule has 0 radical (unpaired) electrons. The second kappa shape index (κ2) is 6.89. The largest absolute Gasteiger partial charge is 0.477 e. The van der Waals surface area contributed by atoms with E-state index in [0.717, 1.165) is 43.6 Å². The molecule has 21 heavy (non-hydrogen) atoms. The second-order valence-corrected chi connectivity index (χ2v) is 6.35. The van der Waals surface area contributed by atoms with Crippen molar-refractivity contribution >= 4 is 23.3 Å². The Morgan fingerprint density at radius 2 is 2.19 bits per heavy atom. The molecular weight excluding hydrogens is 290 g/mol. The monoisotopic (exact) mass is 311 g/mol. The summed E-state index contributed by atoms with van der Waals surface area (Å²) in [7, 11) is 0. The van der Waals surface area contributed by atoms with Gasteiger partial charge in [0, 0.05) is 12.6 Å². The highest BCUT2D eigenvalue weighted by Gasteiger charge is 2.32. The topological polar surface area (TPSA) is 82.5 Å². The predicted octanol–water partition coefficient (Wildman–Crippen LogP) is 2.62. The van der Waals surface area contributed by atoms with E-state index in [1.165, 1.54) is 0 Å². The standard InChI is InChI=1S/C14H21N3O3S/c1-3-4-7-17(10-5-6-10)14(20)15-8-11-16-9(2)12(21-11)13(18)19/h10H,3-8H2,1-2H3,(H,15,20)(H,18,19). The zero-order valence-electron chi connectivity index (χ0n) is 12.4. The summed E-state index contributed by atoms with van der Waals surface area (Å²) >= 11 is 1.12. The molecule has 2 amide bonds. The number of carboxylic acids is 1. The first-order valence-corrected chi connectivity index (χ1v) is 8.08. The summed E-state index contributed by atoms with van der Waals surface area (Å²) in [6, 6.07) is 0.305.